The third-order valence-electron chi connectivity index (χ3n) is 6.61. The Balaban J connectivity index is 1.36. The lowest BCUT2D eigenvalue weighted by atomic mass is 9.94. The van der Waals surface area contributed by atoms with E-state index < -0.39 is 5.54 Å². The molecule has 180 valence electrons. The van der Waals surface area contributed by atoms with Crippen LogP contribution in [0.1, 0.15) is 44.7 Å². The highest BCUT2D eigenvalue weighted by Crippen LogP contribution is 2.48. The van der Waals surface area contributed by atoms with Crippen LogP contribution in [0.2, 0.25) is 5.02 Å². The molecule has 0 spiro atoms. The van der Waals surface area contributed by atoms with E-state index in [0.717, 1.165) is 29.5 Å². The second-order valence-corrected chi connectivity index (χ2v) is 10.1. The number of fused-ring (bicyclic) bond motifs is 1. The van der Waals surface area contributed by atoms with Crippen molar-refractivity contribution < 1.29 is 14.6 Å². The molecule has 1 saturated carbocycles. The largest absolute Gasteiger partial charge is 0.426 e. The van der Waals surface area contributed by atoms with E-state index in [9.17, 15) is 9.90 Å². The van der Waals surface area contributed by atoms with Crippen LogP contribution in [0.5, 0.6) is 11.8 Å². The molecule has 5 rings (SSSR count). The maximum absolute atomic E-state index is 11.5. The van der Waals surface area contributed by atoms with Crippen LogP contribution in [-0.4, -0.2) is 32.6 Å². The zero-order valence-electron chi connectivity index (χ0n) is 19.9. The number of nitrogens with one attached hydrogen (secondary N) is 2. The number of hydrogen-bond donors (Lipinski definition) is 3. The van der Waals surface area contributed by atoms with Crippen molar-refractivity contribution in [1.29, 1.82) is 0 Å². The SMILES string of the molecule is CC(=O)NC(C)(C)c1ccc(Oc2nc3nc(-c4ccc(C5(CO)CC5)cc4)c(Cl)cc3[nH]2)cc1. The molecular formula is C27H27ClN4O3. The lowest BCUT2D eigenvalue weighted by Gasteiger charge is -2.26. The van der Waals surface area contributed by atoms with E-state index in [1.54, 1.807) is 6.07 Å². The number of carbonyl (C=O) groups excluding carboxylic acids is 1. The van der Waals surface area contributed by atoms with Gasteiger partial charge in [0.25, 0.3) is 0 Å². The van der Waals surface area contributed by atoms with E-state index >= 15 is 0 Å². The van der Waals surface area contributed by atoms with Gasteiger partial charge in [-0.3, -0.25) is 4.79 Å². The molecule has 0 radical (unpaired) electrons. The molecule has 35 heavy (non-hydrogen) atoms. The number of pyridine rings is 1. The number of aromatic amines is 1. The van der Waals surface area contributed by atoms with Crippen molar-refractivity contribution in [1.82, 2.24) is 20.3 Å². The summed E-state index contributed by atoms with van der Waals surface area (Å²) in [7, 11) is 0. The first-order valence-electron chi connectivity index (χ1n) is 11.5. The Labute approximate surface area is 208 Å². The molecule has 1 amide bonds. The van der Waals surface area contributed by atoms with Gasteiger partial charge >= 0.3 is 6.01 Å². The van der Waals surface area contributed by atoms with E-state index in [2.05, 4.69) is 20.3 Å². The molecule has 1 fully saturated rings. The molecule has 0 aliphatic heterocycles. The van der Waals surface area contributed by atoms with Crippen molar-refractivity contribution in [3.8, 4) is 23.0 Å². The minimum atomic E-state index is -0.490. The standard InChI is InChI=1S/C27H27ClN4O3/c1-16(34)32-26(2,3)18-8-10-20(11-9-18)35-25-29-22-14-21(28)23(30-24(22)31-25)17-4-6-19(7-5-17)27(15-33)12-13-27/h4-11,14,33H,12-13,15H2,1-3H3,(H,32,34)(H,29,30,31). The molecule has 7 nitrogen and oxygen atoms in total. The number of aliphatic hydroxyl groups excluding tert-OH is 1. The predicted octanol–water partition coefficient (Wildman–Crippen LogP) is 5.47. The normalized spacial score (nSPS) is 14.7. The molecule has 1 aliphatic carbocycles. The maximum atomic E-state index is 11.5. The number of benzene rings is 2. The summed E-state index contributed by atoms with van der Waals surface area (Å²) < 4.78 is 5.91. The number of halogens is 1. The van der Waals surface area contributed by atoms with Crippen molar-refractivity contribution in [2.75, 3.05) is 6.61 Å². The number of amides is 1. The van der Waals surface area contributed by atoms with Crippen LogP contribution in [0.4, 0.5) is 0 Å². The molecule has 0 bridgehead atoms. The summed E-state index contributed by atoms with van der Waals surface area (Å²) in [4.78, 5) is 23.7. The van der Waals surface area contributed by atoms with Crippen molar-refractivity contribution >= 4 is 28.7 Å². The summed E-state index contributed by atoms with van der Waals surface area (Å²) in [5.74, 6) is 0.516. The summed E-state index contributed by atoms with van der Waals surface area (Å²) in [6.45, 7) is 5.56. The molecule has 8 heteroatoms. The van der Waals surface area contributed by atoms with E-state index in [-0.39, 0.29) is 17.9 Å². The van der Waals surface area contributed by atoms with E-state index in [1.165, 1.54) is 6.92 Å². The van der Waals surface area contributed by atoms with E-state index in [4.69, 9.17) is 16.3 Å². The fourth-order valence-electron chi connectivity index (χ4n) is 4.38. The van der Waals surface area contributed by atoms with Gasteiger partial charge in [-0.15, -0.1) is 0 Å². The zero-order valence-corrected chi connectivity index (χ0v) is 20.6. The summed E-state index contributed by atoms with van der Waals surface area (Å²) >= 11 is 6.55. The van der Waals surface area contributed by atoms with Crippen LogP contribution in [0.3, 0.4) is 0 Å². The van der Waals surface area contributed by atoms with Crippen molar-refractivity contribution in [3.05, 3.63) is 70.7 Å². The number of aliphatic hydroxyl groups is 1. The average molecular weight is 491 g/mol. The molecule has 2 aromatic carbocycles. The summed E-state index contributed by atoms with van der Waals surface area (Å²) in [5, 5.41) is 13.1. The van der Waals surface area contributed by atoms with Gasteiger partial charge in [0.1, 0.15) is 5.75 Å². The topological polar surface area (TPSA) is 100 Å². The van der Waals surface area contributed by atoms with E-state index in [1.807, 2.05) is 62.4 Å². The molecule has 2 heterocycles. The lowest BCUT2D eigenvalue weighted by Crippen LogP contribution is -2.39. The fraction of sp³-hybridized carbons (Fsp3) is 0.296. The van der Waals surface area contributed by atoms with Gasteiger partial charge < -0.3 is 20.1 Å². The molecule has 3 N–H and O–H groups in total. The number of imidazole rings is 1. The molecule has 2 aromatic heterocycles. The van der Waals surface area contributed by atoms with Crippen LogP contribution < -0.4 is 10.1 Å². The summed E-state index contributed by atoms with van der Waals surface area (Å²) in [5.41, 5.74) is 4.23. The molecule has 0 saturated heterocycles. The van der Waals surface area contributed by atoms with Gasteiger partial charge in [0.15, 0.2) is 5.65 Å². The highest BCUT2D eigenvalue weighted by molar-refractivity contribution is 6.33. The van der Waals surface area contributed by atoms with Crippen molar-refractivity contribution in [3.63, 3.8) is 0 Å². The third kappa shape index (κ3) is 4.61. The predicted molar refractivity (Wildman–Crippen MR) is 136 cm³/mol. The molecule has 0 atom stereocenters. The second kappa shape index (κ2) is 8.66. The quantitative estimate of drug-likeness (QED) is 0.319. The Morgan fingerprint density at radius 3 is 2.43 bits per heavy atom. The monoisotopic (exact) mass is 490 g/mol. The van der Waals surface area contributed by atoms with Crippen LogP contribution >= 0.6 is 11.6 Å². The Morgan fingerprint density at radius 1 is 1.14 bits per heavy atom. The highest BCUT2D eigenvalue weighted by atomic mass is 35.5. The first-order valence-corrected chi connectivity index (χ1v) is 11.9. The van der Waals surface area contributed by atoms with Crippen LogP contribution in [0.15, 0.2) is 54.6 Å². The van der Waals surface area contributed by atoms with Crippen molar-refractivity contribution in [2.24, 2.45) is 0 Å². The first-order chi connectivity index (χ1) is 16.7. The van der Waals surface area contributed by atoms with Crippen molar-refractivity contribution in [2.45, 2.75) is 44.6 Å². The van der Waals surface area contributed by atoms with Gasteiger partial charge in [0, 0.05) is 17.9 Å². The van der Waals surface area contributed by atoms with Gasteiger partial charge in [0.05, 0.1) is 28.4 Å². The second-order valence-electron chi connectivity index (χ2n) is 9.68. The summed E-state index contributed by atoms with van der Waals surface area (Å²) in [6, 6.07) is 17.6. The van der Waals surface area contributed by atoms with Crippen LogP contribution in [0, 0.1) is 0 Å². The number of rotatable bonds is 7. The Morgan fingerprint density at radius 2 is 1.83 bits per heavy atom. The van der Waals surface area contributed by atoms with Gasteiger partial charge in [-0.1, -0.05) is 48.0 Å². The highest BCUT2D eigenvalue weighted by Gasteiger charge is 2.43. The minimum absolute atomic E-state index is 0.0773. The number of ether oxygens (including phenoxy) is 1. The molecule has 1 aliphatic rings. The number of hydrogen-bond acceptors (Lipinski definition) is 5. The number of nitrogens with zero attached hydrogens (tertiary/aromatic N) is 2. The smallest absolute Gasteiger partial charge is 0.301 e. The number of aromatic nitrogens is 3. The minimum Gasteiger partial charge on any atom is -0.426 e. The zero-order chi connectivity index (χ0) is 24.8. The van der Waals surface area contributed by atoms with Crippen LogP contribution in [0.25, 0.3) is 22.4 Å². The maximum Gasteiger partial charge on any atom is 0.301 e. The van der Waals surface area contributed by atoms with Gasteiger partial charge in [-0.05, 0) is 56.0 Å². The first kappa shape index (κ1) is 23.3. The fourth-order valence-corrected chi connectivity index (χ4v) is 4.64. The molecular weight excluding hydrogens is 464 g/mol. The Hall–Kier alpha value is -3.42. The lowest BCUT2D eigenvalue weighted by molar-refractivity contribution is -0.120. The summed E-state index contributed by atoms with van der Waals surface area (Å²) in [6.07, 6.45) is 2.03. The molecule has 0 unspecified atom stereocenters. The van der Waals surface area contributed by atoms with Crippen LogP contribution in [-0.2, 0) is 15.7 Å². The average Bonchev–Trinajstić information content (AvgIpc) is 3.53. The Bertz CT molecular complexity index is 1390. The number of H-pyrrole nitrogens is 1. The Kier molecular flexibility index (Phi) is 5.77. The van der Waals surface area contributed by atoms with Gasteiger partial charge in [0.2, 0.25) is 5.91 Å². The third-order valence-corrected chi connectivity index (χ3v) is 6.90. The number of carbonyl (C=O) groups is 1. The van der Waals surface area contributed by atoms with Gasteiger partial charge in [-0.2, -0.15) is 4.98 Å². The van der Waals surface area contributed by atoms with Gasteiger partial charge in [-0.25, -0.2) is 4.98 Å². The molecule has 4 aromatic rings. The van der Waals surface area contributed by atoms with E-state index in [0.29, 0.717) is 33.6 Å².